The van der Waals surface area contributed by atoms with Crippen LogP contribution < -0.4 is 4.90 Å². The number of sulfone groups is 1. The zero-order valence-corrected chi connectivity index (χ0v) is 13.6. The lowest BCUT2D eigenvalue weighted by Gasteiger charge is -2.33. The maximum Gasteiger partial charge on any atom is 0.180 e. The van der Waals surface area contributed by atoms with Gasteiger partial charge < -0.3 is 4.90 Å². The normalized spacial score (nSPS) is 20.5. The average Bonchev–Trinajstić information content (AvgIpc) is 2.39. The van der Waals surface area contributed by atoms with E-state index in [1.54, 1.807) is 6.07 Å². The Morgan fingerprint density at radius 3 is 2.79 bits per heavy atom. The van der Waals surface area contributed by atoms with E-state index in [0.717, 1.165) is 31.6 Å². The number of alkyl halides is 1. The molecule has 1 aliphatic rings. The van der Waals surface area contributed by atoms with Crippen LogP contribution in [0.2, 0.25) is 0 Å². The minimum absolute atomic E-state index is 0.218. The zero-order valence-electron chi connectivity index (χ0n) is 11.2. The van der Waals surface area contributed by atoms with Gasteiger partial charge >= 0.3 is 0 Å². The van der Waals surface area contributed by atoms with Gasteiger partial charge in [-0.2, -0.15) is 0 Å². The number of piperidine rings is 1. The van der Waals surface area contributed by atoms with Crippen molar-refractivity contribution in [3.8, 4) is 0 Å². The van der Waals surface area contributed by atoms with Crippen LogP contribution in [0.15, 0.2) is 29.2 Å². The molecule has 2 rings (SSSR count). The molecule has 19 heavy (non-hydrogen) atoms. The van der Waals surface area contributed by atoms with Crippen LogP contribution in [0.5, 0.6) is 0 Å². The number of hydrogen-bond acceptors (Lipinski definition) is 3. The number of benzene rings is 1. The molecule has 0 N–H and O–H groups in total. The second-order valence-corrected chi connectivity index (χ2v) is 8.34. The highest BCUT2D eigenvalue weighted by Crippen LogP contribution is 2.30. The summed E-state index contributed by atoms with van der Waals surface area (Å²) in [6.07, 6.45) is 2.90. The molecule has 1 aromatic rings. The Balaban J connectivity index is 2.36. The van der Waals surface area contributed by atoms with Crippen molar-refractivity contribution >= 4 is 31.5 Å². The van der Waals surface area contributed by atoms with Crippen LogP contribution in [0.25, 0.3) is 0 Å². The topological polar surface area (TPSA) is 37.4 Å². The van der Waals surface area contributed by atoms with Gasteiger partial charge in [0, 0.05) is 17.9 Å². The molecule has 0 amide bonds. The van der Waals surface area contributed by atoms with Crippen LogP contribution >= 0.6 is 15.9 Å². The van der Waals surface area contributed by atoms with Crippen LogP contribution in [0.1, 0.15) is 26.2 Å². The summed E-state index contributed by atoms with van der Waals surface area (Å²) in [6.45, 7) is 3.70. The molecule has 1 heterocycles. The quantitative estimate of drug-likeness (QED) is 0.786. The monoisotopic (exact) mass is 345 g/mol. The predicted molar refractivity (Wildman–Crippen MR) is 82.9 cm³/mol. The summed E-state index contributed by atoms with van der Waals surface area (Å²) in [5.41, 5.74) is 0.861. The standard InChI is InChI=1S/C14H20BrNO2S/c1-2-10-19(17,18)14-8-4-3-7-13(14)16-9-5-6-12(15)11-16/h3-4,7-8,12H,2,5-6,9-11H2,1H3. The molecule has 1 aromatic carbocycles. The van der Waals surface area contributed by atoms with Gasteiger partial charge in [-0.25, -0.2) is 8.42 Å². The van der Waals surface area contributed by atoms with E-state index >= 15 is 0 Å². The molecule has 0 aromatic heterocycles. The highest BCUT2D eigenvalue weighted by molar-refractivity contribution is 9.09. The summed E-state index contributed by atoms with van der Waals surface area (Å²) < 4.78 is 24.7. The summed E-state index contributed by atoms with van der Waals surface area (Å²) in [7, 11) is -3.16. The molecule has 1 aliphatic heterocycles. The van der Waals surface area contributed by atoms with Crippen molar-refractivity contribution in [2.45, 2.75) is 35.9 Å². The molecule has 0 saturated carbocycles. The Bertz CT molecular complexity index is 530. The van der Waals surface area contributed by atoms with Gasteiger partial charge in [-0.1, -0.05) is 35.0 Å². The summed E-state index contributed by atoms with van der Waals surface area (Å²) in [5.74, 6) is 0.218. The van der Waals surface area contributed by atoms with E-state index in [2.05, 4.69) is 20.8 Å². The molecule has 3 nitrogen and oxygen atoms in total. The molecule has 5 heteroatoms. The second-order valence-electron chi connectivity index (χ2n) is 4.97. The highest BCUT2D eigenvalue weighted by atomic mass is 79.9. The van der Waals surface area contributed by atoms with Crippen LogP contribution in [-0.2, 0) is 9.84 Å². The minimum atomic E-state index is -3.16. The third-order valence-electron chi connectivity index (χ3n) is 3.38. The van der Waals surface area contributed by atoms with E-state index in [1.165, 1.54) is 0 Å². The third kappa shape index (κ3) is 3.51. The molecule has 0 radical (unpaired) electrons. The first-order valence-electron chi connectivity index (χ1n) is 6.75. The van der Waals surface area contributed by atoms with Gasteiger partial charge in [0.25, 0.3) is 0 Å². The summed E-state index contributed by atoms with van der Waals surface area (Å²) in [6, 6.07) is 7.38. The number of para-hydroxylation sites is 1. The lowest BCUT2D eigenvalue weighted by molar-refractivity contribution is 0.583. The van der Waals surface area contributed by atoms with Gasteiger partial charge in [-0.3, -0.25) is 0 Å². The first kappa shape index (κ1) is 14.9. The Morgan fingerprint density at radius 1 is 1.37 bits per heavy atom. The number of halogens is 1. The number of hydrogen-bond donors (Lipinski definition) is 0. The lowest BCUT2D eigenvalue weighted by Crippen LogP contribution is -2.36. The maximum atomic E-state index is 12.3. The Hall–Kier alpha value is -0.550. The molecule has 0 spiro atoms. The van der Waals surface area contributed by atoms with E-state index in [0.29, 0.717) is 16.1 Å². The average molecular weight is 346 g/mol. The second kappa shape index (κ2) is 6.27. The van der Waals surface area contributed by atoms with Gasteiger partial charge in [0.2, 0.25) is 0 Å². The zero-order chi connectivity index (χ0) is 13.9. The predicted octanol–water partition coefficient (Wildman–Crippen LogP) is 3.23. The SMILES string of the molecule is CCCS(=O)(=O)c1ccccc1N1CCCC(Br)C1. The fraction of sp³-hybridized carbons (Fsp3) is 0.571. The smallest absolute Gasteiger partial charge is 0.180 e. The van der Waals surface area contributed by atoms with E-state index in [-0.39, 0.29) is 5.75 Å². The number of rotatable bonds is 4. The Morgan fingerprint density at radius 2 is 2.11 bits per heavy atom. The van der Waals surface area contributed by atoms with Crippen molar-refractivity contribution in [3.05, 3.63) is 24.3 Å². The van der Waals surface area contributed by atoms with Crippen LogP contribution in [0, 0.1) is 0 Å². The molecule has 1 unspecified atom stereocenters. The first-order chi connectivity index (χ1) is 9.04. The Labute approximate surface area is 124 Å². The Kier molecular flexibility index (Phi) is 4.90. The lowest BCUT2D eigenvalue weighted by atomic mass is 10.1. The van der Waals surface area contributed by atoms with Crippen molar-refractivity contribution < 1.29 is 8.42 Å². The number of nitrogens with zero attached hydrogens (tertiary/aromatic N) is 1. The molecular formula is C14H20BrNO2S. The van der Waals surface area contributed by atoms with Crippen LogP contribution in [0.3, 0.4) is 0 Å². The molecule has 1 saturated heterocycles. The van der Waals surface area contributed by atoms with Gasteiger partial charge in [-0.15, -0.1) is 0 Å². The summed E-state index contributed by atoms with van der Waals surface area (Å²) >= 11 is 3.64. The van der Waals surface area contributed by atoms with Gasteiger partial charge in [0.05, 0.1) is 16.3 Å². The molecule has 0 bridgehead atoms. The van der Waals surface area contributed by atoms with Crippen molar-refractivity contribution in [3.63, 3.8) is 0 Å². The molecule has 0 aliphatic carbocycles. The number of anilines is 1. The van der Waals surface area contributed by atoms with Gasteiger partial charge in [-0.05, 0) is 31.4 Å². The highest BCUT2D eigenvalue weighted by Gasteiger charge is 2.24. The largest absolute Gasteiger partial charge is 0.369 e. The molecule has 106 valence electrons. The van der Waals surface area contributed by atoms with Crippen molar-refractivity contribution in [1.82, 2.24) is 0 Å². The van der Waals surface area contributed by atoms with Gasteiger partial charge in [0.1, 0.15) is 0 Å². The maximum absolute atomic E-state index is 12.3. The van der Waals surface area contributed by atoms with E-state index in [4.69, 9.17) is 0 Å². The van der Waals surface area contributed by atoms with E-state index in [1.807, 2.05) is 25.1 Å². The summed E-state index contributed by atoms with van der Waals surface area (Å²) in [5, 5.41) is 0. The first-order valence-corrected chi connectivity index (χ1v) is 9.32. The minimum Gasteiger partial charge on any atom is -0.369 e. The van der Waals surface area contributed by atoms with Crippen LogP contribution in [-0.4, -0.2) is 32.1 Å². The fourth-order valence-electron chi connectivity index (χ4n) is 2.50. The van der Waals surface area contributed by atoms with Crippen molar-refractivity contribution in [2.24, 2.45) is 0 Å². The van der Waals surface area contributed by atoms with Crippen molar-refractivity contribution in [2.75, 3.05) is 23.7 Å². The van der Waals surface area contributed by atoms with E-state index < -0.39 is 9.84 Å². The summed E-state index contributed by atoms with van der Waals surface area (Å²) in [4.78, 5) is 3.12. The van der Waals surface area contributed by atoms with Crippen LogP contribution in [0.4, 0.5) is 5.69 Å². The fourth-order valence-corrected chi connectivity index (χ4v) is 4.74. The molecule has 1 fully saturated rings. The molecule has 1 atom stereocenters. The van der Waals surface area contributed by atoms with Crippen molar-refractivity contribution in [1.29, 1.82) is 0 Å². The van der Waals surface area contributed by atoms with Gasteiger partial charge in [0.15, 0.2) is 9.84 Å². The van der Waals surface area contributed by atoms with E-state index in [9.17, 15) is 8.42 Å². The molecular weight excluding hydrogens is 326 g/mol. The third-order valence-corrected chi connectivity index (χ3v) is 6.09.